The number of likely N-dealkylation sites (N-methyl/N-ethyl adjacent to an activating group) is 1. The van der Waals surface area contributed by atoms with E-state index in [9.17, 15) is 9.90 Å². The van der Waals surface area contributed by atoms with Gasteiger partial charge in [-0.1, -0.05) is 35.9 Å². The van der Waals surface area contributed by atoms with Crippen molar-refractivity contribution in [3.8, 4) is 11.5 Å². The number of carbonyl (C=O) groups is 1. The first-order valence-corrected chi connectivity index (χ1v) is 11.0. The highest BCUT2D eigenvalue weighted by Crippen LogP contribution is 2.43. The van der Waals surface area contributed by atoms with Crippen molar-refractivity contribution < 1.29 is 27.6 Å². The smallest absolute Gasteiger partial charge is 0.254 e. The molecule has 2 atom stereocenters. The highest BCUT2D eigenvalue weighted by atomic mass is 35.5. The molecule has 0 radical (unpaired) electrons. The first kappa shape index (κ1) is 16.9. The molecule has 3 N–H and O–H groups in total. The van der Waals surface area contributed by atoms with E-state index >= 15 is 0 Å². The van der Waals surface area contributed by atoms with Gasteiger partial charge >= 0.3 is 0 Å². The third-order valence-electron chi connectivity index (χ3n) is 5.93. The summed E-state index contributed by atoms with van der Waals surface area (Å²) in [5, 5.41) is 15.0. The second kappa shape index (κ2) is 8.88. The average Bonchev–Trinajstić information content (AvgIpc) is 3.32. The topological polar surface area (TPSA) is 99.7 Å². The zero-order valence-corrected chi connectivity index (χ0v) is 19.3. The molecule has 2 aromatic carbocycles. The van der Waals surface area contributed by atoms with Gasteiger partial charge in [-0.05, 0) is 31.2 Å². The Labute approximate surface area is 215 Å². The number of aliphatic hydroxyl groups is 1. The number of pyridine rings is 1. The molecule has 0 aliphatic carbocycles. The number of aliphatic hydroxyl groups excluding tert-OH is 1. The Kier molecular flexibility index (Phi) is 4.30. The first-order valence-electron chi connectivity index (χ1n) is 13.7. The van der Waals surface area contributed by atoms with E-state index in [-0.39, 0.29) is 33.0 Å². The zero-order chi connectivity index (χ0) is 29.7. The number of para-hydroxylation sites is 1. The zero-order valence-electron chi connectivity index (χ0n) is 24.5. The number of nitrogens with zero attached hydrogens (tertiary/aromatic N) is 2. The Balaban J connectivity index is 1.58. The van der Waals surface area contributed by atoms with E-state index in [0.717, 1.165) is 0 Å². The molecule has 1 aliphatic heterocycles. The van der Waals surface area contributed by atoms with E-state index in [4.69, 9.17) is 29.3 Å². The molecule has 9 heteroatoms. The van der Waals surface area contributed by atoms with Crippen molar-refractivity contribution in [3.05, 3.63) is 77.1 Å². The predicted octanol–water partition coefficient (Wildman–Crippen LogP) is 4.88. The molecular formula is C26H25ClN4O4. The number of hydrogen-bond acceptors (Lipinski definition) is 6. The minimum Gasteiger partial charge on any atom is -0.457 e. The van der Waals surface area contributed by atoms with Crippen molar-refractivity contribution in [2.24, 2.45) is 0 Å². The van der Waals surface area contributed by atoms with Crippen LogP contribution >= 0.6 is 11.6 Å². The van der Waals surface area contributed by atoms with Crippen LogP contribution in [0, 0.1) is 0 Å². The van der Waals surface area contributed by atoms with Gasteiger partial charge < -0.3 is 29.8 Å². The Morgan fingerprint density at radius 1 is 1.23 bits per heavy atom. The molecule has 5 rings (SSSR count). The Hall–Kier alpha value is -3.59. The van der Waals surface area contributed by atoms with Crippen LogP contribution < -0.4 is 15.0 Å². The molecule has 180 valence electrons. The number of hydrogen-bond donors (Lipinski definition) is 3. The summed E-state index contributed by atoms with van der Waals surface area (Å²) < 4.78 is 57.0. The van der Waals surface area contributed by atoms with Crippen LogP contribution in [0.25, 0.3) is 11.0 Å². The number of nitrogens with one attached hydrogen (secondary N) is 2. The number of halogens is 1. The van der Waals surface area contributed by atoms with Gasteiger partial charge in [0.25, 0.3) is 5.91 Å². The Morgan fingerprint density at radius 2 is 2.06 bits per heavy atom. The van der Waals surface area contributed by atoms with Crippen LogP contribution in [-0.2, 0) is 9.53 Å². The van der Waals surface area contributed by atoms with Gasteiger partial charge in [0.1, 0.15) is 28.8 Å². The molecule has 0 bridgehead atoms. The van der Waals surface area contributed by atoms with E-state index < -0.39 is 38.2 Å². The molecule has 0 saturated heterocycles. The lowest BCUT2D eigenvalue weighted by Gasteiger charge is -2.40. The SMILES string of the molecule is [2H]C([2H])([2H])OC[C@]1(C)Nc2c(cnc3[nH]cc(C(O)c4ccc(Oc5ccccc5)cc4Cl)c23)N(C([2H])([2H])[2H])C1=O. The van der Waals surface area contributed by atoms with E-state index in [2.05, 4.69) is 15.3 Å². The number of ether oxygens (including phenoxy) is 2. The molecule has 1 amide bonds. The number of methoxy groups -OCH3 is 1. The van der Waals surface area contributed by atoms with Crippen LogP contribution in [0.5, 0.6) is 11.5 Å². The largest absolute Gasteiger partial charge is 0.457 e. The predicted molar refractivity (Wildman–Crippen MR) is 135 cm³/mol. The van der Waals surface area contributed by atoms with Crippen molar-refractivity contribution >= 4 is 39.9 Å². The van der Waals surface area contributed by atoms with Crippen molar-refractivity contribution in [1.82, 2.24) is 9.97 Å². The van der Waals surface area contributed by atoms with Crippen molar-refractivity contribution in [3.63, 3.8) is 0 Å². The van der Waals surface area contributed by atoms with Crippen LogP contribution in [-0.4, -0.2) is 47.1 Å². The molecule has 4 aromatic rings. The van der Waals surface area contributed by atoms with Gasteiger partial charge in [0, 0.05) is 35.4 Å². The summed E-state index contributed by atoms with van der Waals surface area (Å²) in [4.78, 5) is 21.2. The number of aromatic nitrogens is 2. The Morgan fingerprint density at radius 3 is 2.80 bits per heavy atom. The summed E-state index contributed by atoms with van der Waals surface area (Å²) in [6, 6.07) is 13.9. The second-order valence-corrected chi connectivity index (χ2v) is 8.78. The van der Waals surface area contributed by atoms with E-state index in [1.807, 2.05) is 18.2 Å². The summed E-state index contributed by atoms with van der Waals surface area (Å²) in [5.74, 6) is 0.134. The number of fused-ring (bicyclic) bond motifs is 3. The first-order chi connectivity index (χ1) is 19.2. The minimum absolute atomic E-state index is 0.0698. The van der Waals surface area contributed by atoms with Gasteiger partial charge in [0.2, 0.25) is 0 Å². The summed E-state index contributed by atoms with van der Waals surface area (Å²) in [6.45, 7) is -2.24. The van der Waals surface area contributed by atoms with Gasteiger partial charge in [0.05, 0.1) is 38.7 Å². The fourth-order valence-corrected chi connectivity index (χ4v) is 4.41. The monoisotopic (exact) mass is 498 g/mol. The molecule has 0 saturated carbocycles. The number of carbonyl (C=O) groups excluding carboxylic acids is 1. The quantitative estimate of drug-likeness (QED) is 0.350. The maximum absolute atomic E-state index is 13.4. The van der Waals surface area contributed by atoms with Crippen LogP contribution in [0.15, 0.2) is 60.9 Å². The fraction of sp³-hybridized carbons (Fsp3) is 0.231. The molecule has 1 aliphatic rings. The van der Waals surface area contributed by atoms with Gasteiger partial charge in [-0.15, -0.1) is 0 Å². The molecule has 1 unspecified atom stereocenters. The maximum atomic E-state index is 13.4. The van der Waals surface area contributed by atoms with Crippen molar-refractivity contribution in [2.75, 3.05) is 30.8 Å². The summed E-state index contributed by atoms with van der Waals surface area (Å²) in [7, 11) is -2.83. The van der Waals surface area contributed by atoms with Crippen molar-refractivity contribution in [2.45, 2.75) is 18.6 Å². The number of H-pyrrole nitrogens is 1. The highest BCUT2D eigenvalue weighted by molar-refractivity contribution is 6.31. The standard InChI is InChI=1S/C26H25ClN4O4/c1-26(14-34-3)25(33)31(2)20-13-29-24-21(22(20)30-26)18(12-28-24)23(32)17-10-9-16(11-19(17)27)35-15-7-5-4-6-8-15/h4-13,23,30,32H,14H2,1-3H3,(H,28,29)/t23?,26-/m0/s1/i2D3,3D3. The molecule has 35 heavy (non-hydrogen) atoms. The van der Waals surface area contributed by atoms with E-state index in [0.29, 0.717) is 22.0 Å². The van der Waals surface area contributed by atoms with Gasteiger partial charge in [-0.2, -0.15) is 0 Å². The van der Waals surface area contributed by atoms with E-state index in [1.165, 1.54) is 19.3 Å². The van der Waals surface area contributed by atoms with Gasteiger partial charge in [-0.3, -0.25) is 4.79 Å². The second-order valence-electron chi connectivity index (χ2n) is 8.37. The minimum atomic E-state index is -2.93. The van der Waals surface area contributed by atoms with Crippen LogP contribution in [0.2, 0.25) is 5.02 Å². The summed E-state index contributed by atoms with van der Waals surface area (Å²) in [6.07, 6.45) is 1.41. The van der Waals surface area contributed by atoms with Gasteiger partial charge in [0.15, 0.2) is 0 Å². The lowest BCUT2D eigenvalue weighted by atomic mass is 9.94. The number of anilines is 2. The highest BCUT2D eigenvalue weighted by Gasteiger charge is 2.42. The van der Waals surface area contributed by atoms with Crippen LogP contribution in [0.3, 0.4) is 0 Å². The average molecular weight is 499 g/mol. The van der Waals surface area contributed by atoms with Crippen LogP contribution in [0.1, 0.15) is 32.4 Å². The molecule has 0 fully saturated rings. The molecule has 0 spiro atoms. The van der Waals surface area contributed by atoms with Crippen LogP contribution in [0.4, 0.5) is 11.4 Å². The molecular weight excluding hydrogens is 468 g/mol. The summed E-state index contributed by atoms with van der Waals surface area (Å²) >= 11 is 6.55. The van der Waals surface area contributed by atoms with Crippen molar-refractivity contribution in [1.29, 1.82) is 0 Å². The molecule has 3 heterocycles. The third-order valence-corrected chi connectivity index (χ3v) is 6.26. The number of benzene rings is 2. The Bertz CT molecular complexity index is 1610. The number of rotatable bonds is 6. The third kappa shape index (κ3) is 3.99. The lowest BCUT2D eigenvalue weighted by molar-refractivity contribution is -0.124. The lowest BCUT2D eigenvalue weighted by Crippen LogP contribution is -2.57. The van der Waals surface area contributed by atoms with E-state index in [1.54, 1.807) is 30.3 Å². The summed E-state index contributed by atoms with van der Waals surface area (Å²) in [5.41, 5.74) is -0.799. The number of aromatic amines is 1. The fourth-order valence-electron chi connectivity index (χ4n) is 4.13. The maximum Gasteiger partial charge on any atom is 0.254 e. The molecule has 8 nitrogen and oxygen atoms in total. The normalized spacial score (nSPS) is 21.6. The molecule has 2 aromatic heterocycles. The van der Waals surface area contributed by atoms with Gasteiger partial charge in [-0.25, -0.2) is 4.98 Å². The number of amides is 1.